The van der Waals surface area contributed by atoms with Crippen molar-refractivity contribution < 1.29 is 22.4 Å². The fourth-order valence-electron chi connectivity index (χ4n) is 3.32. The maximum atomic E-state index is 12.8. The molecule has 0 aliphatic carbocycles. The lowest BCUT2D eigenvalue weighted by atomic mass is 10.1. The van der Waals surface area contributed by atoms with E-state index in [1.54, 1.807) is 26.8 Å². The SMILES string of the molecule is COc1ccc(C(=O)NCc2ccc(-c3nc4ccccc4s3)o2)cc1S(=O)(=O)NC(C)(C)C. The molecule has 0 unspecified atom stereocenters. The molecule has 2 N–H and O–H groups in total. The molecule has 0 saturated heterocycles. The summed E-state index contributed by atoms with van der Waals surface area (Å²) in [5, 5.41) is 3.52. The predicted octanol–water partition coefficient (Wildman–Crippen LogP) is 4.57. The zero-order valence-corrected chi connectivity index (χ0v) is 20.8. The van der Waals surface area contributed by atoms with Gasteiger partial charge in [-0.3, -0.25) is 4.79 Å². The summed E-state index contributed by atoms with van der Waals surface area (Å²) in [7, 11) is -2.52. The molecule has 4 rings (SSSR count). The predicted molar refractivity (Wildman–Crippen MR) is 132 cm³/mol. The summed E-state index contributed by atoms with van der Waals surface area (Å²) in [6.07, 6.45) is 0. The van der Waals surface area contributed by atoms with Crippen LogP contribution in [0.1, 0.15) is 36.9 Å². The van der Waals surface area contributed by atoms with Gasteiger partial charge in [-0.1, -0.05) is 12.1 Å². The van der Waals surface area contributed by atoms with Crippen LogP contribution in [-0.2, 0) is 16.6 Å². The van der Waals surface area contributed by atoms with E-state index < -0.39 is 21.5 Å². The summed E-state index contributed by atoms with van der Waals surface area (Å²) in [5.41, 5.74) is 0.399. The van der Waals surface area contributed by atoms with Crippen molar-refractivity contribution in [2.45, 2.75) is 37.8 Å². The maximum Gasteiger partial charge on any atom is 0.251 e. The number of benzene rings is 2. The number of furan rings is 1. The molecule has 8 nitrogen and oxygen atoms in total. The monoisotopic (exact) mass is 499 g/mol. The Balaban J connectivity index is 1.49. The summed E-state index contributed by atoms with van der Waals surface area (Å²) >= 11 is 1.53. The Kier molecular flexibility index (Phi) is 6.48. The molecule has 0 atom stereocenters. The number of aromatic nitrogens is 1. The quantitative estimate of drug-likeness (QED) is 0.385. The van der Waals surface area contributed by atoms with Crippen LogP contribution in [0, 0.1) is 0 Å². The summed E-state index contributed by atoms with van der Waals surface area (Å²) in [5.74, 6) is 0.891. The topological polar surface area (TPSA) is 111 Å². The zero-order chi connectivity index (χ0) is 24.5. The van der Waals surface area contributed by atoms with Gasteiger partial charge >= 0.3 is 0 Å². The van der Waals surface area contributed by atoms with E-state index >= 15 is 0 Å². The molecular formula is C24H25N3O5S2. The Bertz CT molecular complexity index is 1420. The van der Waals surface area contributed by atoms with Crippen LogP contribution in [0.5, 0.6) is 5.75 Å². The van der Waals surface area contributed by atoms with E-state index in [1.165, 1.54) is 36.6 Å². The molecule has 1 amide bonds. The molecule has 10 heteroatoms. The standard InChI is InChI=1S/C24H25N3O5S2/c1-24(2,3)27-34(29,30)21-13-15(9-11-18(21)31-4)22(28)25-14-16-10-12-19(32-16)23-26-17-7-5-6-8-20(17)33-23/h5-13,27H,14H2,1-4H3,(H,25,28). The molecule has 2 aromatic carbocycles. The Labute approximate surface area is 202 Å². The van der Waals surface area contributed by atoms with E-state index in [0.29, 0.717) is 11.5 Å². The van der Waals surface area contributed by atoms with E-state index in [4.69, 9.17) is 9.15 Å². The Morgan fingerprint density at radius 3 is 2.59 bits per heavy atom. The van der Waals surface area contributed by atoms with Gasteiger partial charge in [0.15, 0.2) is 10.8 Å². The van der Waals surface area contributed by atoms with Crippen LogP contribution in [0.3, 0.4) is 0 Å². The first-order valence-electron chi connectivity index (χ1n) is 10.5. The molecule has 34 heavy (non-hydrogen) atoms. The average Bonchev–Trinajstić information content (AvgIpc) is 3.42. The van der Waals surface area contributed by atoms with Gasteiger partial charge in [-0.15, -0.1) is 11.3 Å². The number of sulfonamides is 1. The number of para-hydroxylation sites is 1. The molecule has 0 aliphatic rings. The number of amides is 1. The minimum absolute atomic E-state index is 0.103. The average molecular weight is 500 g/mol. The molecule has 4 aromatic rings. The fourth-order valence-corrected chi connectivity index (χ4v) is 5.86. The van der Waals surface area contributed by atoms with Crippen LogP contribution >= 0.6 is 11.3 Å². The Morgan fingerprint density at radius 2 is 1.88 bits per heavy atom. The van der Waals surface area contributed by atoms with E-state index in [-0.39, 0.29) is 22.8 Å². The van der Waals surface area contributed by atoms with Crippen LogP contribution in [0.25, 0.3) is 21.0 Å². The summed E-state index contributed by atoms with van der Waals surface area (Å²) in [6.45, 7) is 5.34. The van der Waals surface area contributed by atoms with Crippen molar-refractivity contribution in [1.82, 2.24) is 15.0 Å². The first-order chi connectivity index (χ1) is 16.1. The third kappa shape index (κ3) is 5.30. The van der Waals surface area contributed by atoms with E-state index in [1.807, 2.05) is 30.3 Å². The highest BCUT2D eigenvalue weighted by Gasteiger charge is 2.26. The third-order valence-electron chi connectivity index (χ3n) is 4.75. The highest BCUT2D eigenvalue weighted by Crippen LogP contribution is 2.31. The van der Waals surface area contributed by atoms with Crippen LogP contribution in [0.15, 0.2) is 63.9 Å². The summed E-state index contributed by atoms with van der Waals surface area (Å²) in [6, 6.07) is 15.7. The number of ether oxygens (including phenoxy) is 1. The number of carbonyl (C=O) groups is 1. The normalized spacial score (nSPS) is 12.1. The molecule has 0 bridgehead atoms. The fraction of sp³-hybridized carbons (Fsp3) is 0.250. The number of hydrogen-bond acceptors (Lipinski definition) is 7. The van der Waals surface area contributed by atoms with Crippen LogP contribution in [0.4, 0.5) is 0 Å². The number of methoxy groups -OCH3 is 1. The van der Waals surface area contributed by atoms with E-state index in [0.717, 1.165) is 15.2 Å². The van der Waals surface area contributed by atoms with Crippen LogP contribution < -0.4 is 14.8 Å². The van der Waals surface area contributed by atoms with Crippen LogP contribution in [0.2, 0.25) is 0 Å². The maximum absolute atomic E-state index is 12.8. The van der Waals surface area contributed by atoms with Crippen molar-refractivity contribution in [2.75, 3.05) is 7.11 Å². The molecule has 2 heterocycles. The van der Waals surface area contributed by atoms with Crippen molar-refractivity contribution in [2.24, 2.45) is 0 Å². The second-order valence-corrected chi connectivity index (χ2v) is 11.3. The smallest absolute Gasteiger partial charge is 0.251 e. The lowest BCUT2D eigenvalue weighted by molar-refractivity contribution is 0.0948. The highest BCUT2D eigenvalue weighted by atomic mass is 32.2. The molecule has 0 fully saturated rings. The van der Waals surface area contributed by atoms with Gasteiger partial charge in [0.05, 0.1) is 23.9 Å². The summed E-state index contributed by atoms with van der Waals surface area (Å²) < 4.78 is 40.4. The van der Waals surface area contributed by atoms with Crippen molar-refractivity contribution in [3.05, 3.63) is 65.9 Å². The minimum Gasteiger partial charge on any atom is -0.495 e. The highest BCUT2D eigenvalue weighted by molar-refractivity contribution is 7.89. The minimum atomic E-state index is -3.90. The van der Waals surface area contributed by atoms with Gasteiger partial charge in [0.1, 0.15) is 16.4 Å². The van der Waals surface area contributed by atoms with Gasteiger partial charge < -0.3 is 14.5 Å². The molecule has 0 radical (unpaired) electrons. The zero-order valence-electron chi connectivity index (χ0n) is 19.2. The number of rotatable bonds is 7. The van der Waals surface area contributed by atoms with Gasteiger partial charge in [0.2, 0.25) is 10.0 Å². The molecule has 178 valence electrons. The molecule has 0 spiro atoms. The van der Waals surface area contributed by atoms with Crippen molar-refractivity contribution >= 4 is 37.5 Å². The number of nitrogens with one attached hydrogen (secondary N) is 2. The van der Waals surface area contributed by atoms with Gasteiger partial charge in [-0.05, 0) is 63.2 Å². The lowest BCUT2D eigenvalue weighted by Crippen LogP contribution is -2.40. The number of hydrogen-bond donors (Lipinski definition) is 2. The van der Waals surface area contributed by atoms with Gasteiger partial charge in [-0.2, -0.15) is 0 Å². The Hall–Kier alpha value is -3.21. The van der Waals surface area contributed by atoms with Crippen molar-refractivity contribution in [3.63, 3.8) is 0 Å². The second kappa shape index (κ2) is 9.21. The van der Waals surface area contributed by atoms with Gasteiger partial charge in [0.25, 0.3) is 5.91 Å². The largest absolute Gasteiger partial charge is 0.495 e. The third-order valence-corrected chi connectivity index (χ3v) is 7.58. The molecule has 0 aliphatic heterocycles. The number of thiazole rings is 1. The first kappa shape index (κ1) is 23.9. The van der Waals surface area contributed by atoms with Crippen molar-refractivity contribution in [1.29, 1.82) is 0 Å². The van der Waals surface area contributed by atoms with Gasteiger partial charge in [0, 0.05) is 11.1 Å². The molecule has 2 aromatic heterocycles. The summed E-state index contributed by atoms with van der Waals surface area (Å²) in [4.78, 5) is 17.2. The lowest BCUT2D eigenvalue weighted by Gasteiger charge is -2.21. The molecular weight excluding hydrogens is 474 g/mol. The Morgan fingerprint density at radius 1 is 1.12 bits per heavy atom. The number of carbonyl (C=O) groups excluding carboxylic acids is 1. The van der Waals surface area contributed by atoms with E-state index in [2.05, 4.69) is 15.0 Å². The second-order valence-electron chi connectivity index (χ2n) is 8.66. The first-order valence-corrected chi connectivity index (χ1v) is 12.8. The van der Waals surface area contributed by atoms with Gasteiger partial charge in [-0.25, -0.2) is 18.1 Å². The number of nitrogens with zero attached hydrogens (tertiary/aromatic N) is 1. The number of fused-ring (bicyclic) bond motifs is 1. The molecule has 0 saturated carbocycles. The van der Waals surface area contributed by atoms with E-state index in [9.17, 15) is 13.2 Å². The van der Waals surface area contributed by atoms with Crippen LogP contribution in [-0.4, -0.2) is 32.0 Å². The van der Waals surface area contributed by atoms with Crippen molar-refractivity contribution in [3.8, 4) is 16.5 Å².